The summed E-state index contributed by atoms with van der Waals surface area (Å²) < 4.78 is 13.0. The minimum Gasteiger partial charge on any atom is -0.359 e. The number of amidine groups is 1. The number of benzene rings is 1. The summed E-state index contributed by atoms with van der Waals surface area (Å²) in [5, 5.41) is 4.42. The predicted octanol–water partition coefficient (Wildman–Crippen LogP) is 3.15. The topological polar surface area (TPSA) is 24.4 Å². The number of halogens is 1. The van der Waals surface area contributed by atoms with E-state index >= 15 is 0 Å². The smallest absolute Gasteiger partial charge is 0.157 e. The van der Waals surface area contributed by atoms with Gasteiger partial charge in [-0.15, -0.1) is 0 Å². The standard InChI is InChI=1S/C14H19FN2S/c1-10-8-12(15)5-4-11(10)6-7-16-13-17-14(2,3)9-18-13/h4-5,8H,6-7,9H2,1-3H3,(H,16,17). The second-order valence-electron chi connectivity index (χ2n) is 5.31. The van der Waals surface area contributed by atoms with Crippen molar-refractivity contribution < 1.29 is 4.39 Å². The Morgan fingerprint density at radius 2 is 2.22 bits per heavy atom. The van der Waals surface area contributed by atoms with Crippen molar-refractivity contribution in [1.82, 2.24) is 5.32 Å². The summed E-state index contributed by atoms with van der Waals surface area (Å²) in [5.41, 5.74) is 2.32. The van der Waals surface area contributed by atoms with Gasteiger partial charge in [0.1, 0.15) is 5.82 Å². The molecule has 1 saturated heterocycles. The predicted molar refractivity (Wildman–Crippen MR) is 76.8 cm³/mol. The molecule has 1 aliphatic rings. The number of hydrogen-bond donors (Lipinski definition) is 1. The summed E-state index contributed by atoms with van der Waals surface area (Å²) >= 11 is 1.77. The van der Waals surface area contributed by atoms with E-state index in [-0.39, 0.29) is 11.4 Å². The van der Waals surface area contributed by atoms with Crippen LogP contribution in [0.2, 0.25) is 0 Å². The molecule has 0 amide bonds. The first-order chi connectivity index (χ1) is 8.46. The second-order valence-corrected chi connectivity index (χ2v) is 6.27. The highest BCUT2D eigenvalue weighted by Gasteiger charge is 2.26. The number of hydrogen-bond acceptors (Lipinski definition) is 2. The summed E-state index contributed by atoms with van der Waals surface area (Å²) in [4.78, 5) is 4.55. The van der Waals surface area contributed by atoms with Crippen molar-refractivity contribution >= 4 is 16.9 Å². The Bertz CT molecular complexity index is 469. The molecule has 1 heterocycles. The molecule has 0 bridgehead atoms. The van der Waals surface area contributed by atoms with Gasteiger partial charge in [0.15, 0.2) is 5.17 Å². The van der Waals surface area contributed by atoms with Crippen LogP contribution in [0.15, 0.2) is 23.2 Å². The summed E-state index contributed by atoms with van der Waals surface area (Å²) in [6, 6.07) is 4.94. The zero-order valence-electron chi connectivity index (χ0n) is 11.1. The highest BCUT2D eigenvalue weighted by molar-refractivity contribution is 8.14. The third-order valence-corrected chi connectivity index (χ3v) is 4.33. The Balaban J connectivity index is 1.91. The normalized spacial score (nSPS) is 20.1. The SMILES string of the molecule is Cc1cc(F)ccc1CCN=C1NC(C)(C)CS1. The summed E-state index contributed by atoms with van der Waals surface area (Å²) in [7, 11) is 0. The molecule has 1 aromatic rings. The quantitative estimate of drug-likeness (QED) is 0.909. The molecular formula is C14H19FN2S. The molecule has 1 fully saturated rings. The van der Waals surface area contributed by atoms with E-state index in [0.29, 0.717) is 0 Å². The van der Waals surface area contributed by atoms with Gasteiger partial charge in [-0.1, -0.05) is 17.8 Å². The average Bonchev–Trinajstić information content (AvgIpc) is 2.61. The van der Waals surface area contributed by atoms with E-state index in [1.54, 1.807) is 17.8 Å². The second kappa shape index (κ2) is 5.31. The van der Waals surface area contributed by atoms with Gasteiger partial charge in [-0.3, -0.25) is 4.99 Å². The van der Waals surface area contributed by atoms with Gasteiger partial charge in [-0.2, -0.15) is 0 Å². The molecule has 0 radical (unpaired) electrons. The van der Waals surface area contributed by atoms with Crippen LogP contribution >= 0.6 is 11.8 Å². The molecule has 0 spiro atoms. The van der Waals surface area contributed by atoms with Gasteiger partial charge < -0.3 is 5.32 Å². The average molecular weight is 266 g/mol. The zero-order valence-corrected chi connectivity index (χ0v) is 11.9. The maximum atomic E-state index is 13.0. The van der Waals surface area contributed by atoms with Gasteiger partial charge in [0, 0.05) is 17.8 Å². The number of aliphatic imine (C=N–C) groups is 1. The Kier molecular flexibility index (Phi) is 3.95. The Labute approximate surface area is 112 Å². The lowest BCUT2D eigenvalue weighted by molar-refractivity contribution is 0.536. The van der Waals surface area contributed by atoms with E-state index in [0.717, 1.165) is 29.4 Å². The monoisotopic (exact) mass is 266 g/mol. The van der Waals surface area contributed by atoms with Crippen molar-refractivity contribution in [1.29, 1.82) is 0 Å². The molecule has 0 aliphatic carbocycles. The summed E-state index contributed by atoms with van der Waals surface area (Å²) in [6.07, 6.45) is 0.859. The fourth-order valence-electron chi connectivity index (χ4n) is 1.91. The molecule has 98 valence electrons. The van der Waals surface area contributed by atoms with Crippen LogP contribution in [0.5, 0.6) is 0 Å². The van der Waals surface area contributed by atoms with Gasteiger partial charge in [-0.25, -0.2) is 4.39 Å². The summed E-state index contributed by atoms with van der Waals surface area (Å²) in [6.45, 7) is 7.04. The molecule has 0 saturated carbocycles. The molecular weight excluding hydrogens is 247 g/mol. The molecule has 0 atom stereocenters. The van der Waals surface area contributed by atoms with Crippen LogP contribution in [0.25, 0.3) is 0 Å². The van der Waals surface area contributed by atoms with Gasteiger partial charge in [0.05, 0.1) is 0 Å². The lowest BCUT2D eigenvalue weighted by Gasteiger charge is -2.15. The Hall–Kier alpha value is -1.03. The summed E-state index contributed by atoms with van der Waals surface area (Å²) in [5.74, 6) is 0.888. The molecule has 2 rings (SSSR count). The van der Waals surface area contributed by atoms with Crippen molar-refractivity contribution in [2.75, 3.05) is 12.3 Å². The van der Waals surface area contributed by atoms with E-state index in [9.17, 15) is 4.39 Å². The number of nitrogens with zero attached hydrogens (tertiary/aromatic N) is 1. The molecule has 4 heteroatoms. The first-order valence-corrected chi connectivity index (χ1v) is 7.15. The van der Waals surface area contributed by atoms with Gasteiger partial charge in [-0.05, 0) is 50.5 Å². The van der Waals surface area contributed by atoms with Gasteiger partial charge in [0.25, 0.3) is 0 Å². The Morgan fingerprint density at radius 1 is 1.44 bits per heavy atom. The molecule has 1 aliphatic heterocycles. The molecule has 1 aromatic carbocycles. The van der Waals surface area contributed by atoms with Crippen LogP contribution < -0.4 is 5.32 Å². The van der Waals surface area contributed by atoms with Crippen LogP contribution in [0.3, 0.4) is 0 Å². The van der Waals surface area contributed by atoms with Crippen molar-refractivity contribution in [3.05, 3.63) is 35.1 Å². The largest absolute Gasteiger partial charge is 0.359 e. The van der Waals surface area contributed by atoms with Crippen LogP contribution in [-0.4, -0.2) is 23.0 Å². The molecule has 2 nitrogen and oxygen atoms in total. The highest BCUT2D eigenvalue weighted by Crippen LogP contribution is 2.22. The lowest BCUT2D eigenvalue weighted by atomic mass is 10.1. The fourth-order valence-corrected chi connectivity index (χ4v) is 3.01. The Morgan fingerprint density at radius 3 is 2.83 bits per heavy atom. The first kappa shape index (κ1) is 13.4. The maximum Gasteiger partial charge on any atom is 0.157 e. The maximum absolute atomic E-state index is 13.0. The van der Waals surface area contributed by atoms with E-state index in [1.807, 2.05) is 13.0 Å². The molecule has 1 N–H and O–H groups in total. The minimum atomic E-state index is -0.169. The molecule has 0 unspecified atom stereocenters. The third kappa shape index (κ3) is 3.48. The number of nitrogens with one attached hydrogen (secondary N) is 1. The number of rotatable bonds is 3. The van der Waals surface area contributed by atoms with Crippen LogP contribution in [-0.2, 0) is 6.42 Å². The van der Waals surface area contributed by atoms with Crippen molar-refractivity contribution in [3.8, 4) is 0 Å². The third-order valence-electron chi connectivity index (χ3n) is 2.96. The minimum absolute atomic E-state index is 0.148. The van der Waals surface area contributed by atoms with Gasteiger partial charge >= 0.3 is 0 Å². The lowest BCUT2D eigenvalue weighted by Crippen LogP contribution is -2.36. The first-order valence-electron chi connectivity index (χ1n) is 6.17. The van der Waals surface area contributed by atoms with E-state index < -0.39 is 0 Å². The van der Waals surface area contributed by atoms with E-state index in [4.69, 9.17) is 0 Å². The fraction of sp³-hybridized carbons (Fsp3) is 0.500. The van der Waals surface area contributed by atoms with Crippen LogP contribution in [0.1, 0.15) is 25.0 Å². The molecule has 18 heavy (non-hydrogen) atoms. The van der Waals surface area contributed by atoms with Crippen LogP contribution in [0, 0.1) is 12.7 Å². The highest BCUT2D eigenvalue weighted by atomic mass is 32.2. The van der Waals surface area contributed by atoms with Crippen molar-refractivity contribution in [3.63, 3.8) is 0 Å². The van der Waals surface area contributed by atoms with Crippen molar-refractivity contribution in [2.45, 2.75) is 32.7 Å². The number of thioether (sulfide) groups is 1. The van der Waals surface area contributed by atoms with E-state index in [1.165, 1.54) is 11.6 Å². The van der Waals surface area contributed by atoms with Gasteiger partial charge in [0.2, 0.25) is 0 Å². The van der Waals surface area contributed by atoms with E-state index in [2.05, 4.69) is 24.2 Å². The zero-order chi connectivity index (χ0) is 13.2. The van der Waals surface area contributed by atoms with Crippen LogP contribution in [0.4, 0.5) is 4.39 Å². The number of aryl methyl sites for hydroxylation is 1. The molecule has 0 aromatic heterocycles. The van der Waals surface area contributed by atoms with Crippen molar-refractivity contribution in [2.24, 2.45) is 4.99 Å².